The molecule has 0 aliphatic carbocycles. The summed E-state index contributed by atoms with van der Waals surface area (Å²) in [6.45, 7) is 4.31. The van der Waals surface area contributed by atoms with Crippen molar-refractivity contribution in [1.29, 1.82) is 0 Å². The van der Waals surface area contributed by atoms with Crippen LogP contribution in [0.2, 0.25) is 0 Å². The van der Waals surface area contributed by atoms with Gasteiger partial charge in [0.2, 0.25) is 17.6 Å². The van der Waals surface area contributed by atoms with Crippen LogP contribution in [0.1, 0.15) is 24.3 Å². The van der Waals surface area contributed by atoms with Gasteiger partial charge in [-0.25, -0.2) is 0 Å². The van der Waals surface area contributed by atoms with Crippen molar-refractivity contribution >= 4 is 11.6 Å². The number of benzene rings is 2. The van der Waals surface area contributed by atoms with E-state index in [0.717, 1.165) is 42.7 Å². The van der Waals surface area contributed by atoms with Crippen LogP contribution in [-0.4, -0.2) is 34.0 Å². The molecule has 0 bridgehead atoms. The van der Waals surface area contributed by atoms with Crippen molar-refractivity contribution in [2.75, 3.05) is 18.4 Å². The largest absolute Gasteiger partial charge is 0.338 e. The van der Waals surface area contributed by atoms with Gasteiger partial charge < -0.3 is 9.84 Å². The number of hydrogen-bond donors (Lipinski definition) is 1. The Bertz CT molecular complexity index is 930. The predicted molar refractivity (Wildman–Crippen MR) is 108 cm³/mol. The third-order valence-corrected chi connectivity index (χ3v) is 5.22. The van der Waals surface area contributed by atoms with Crippen molar-refractivity contribution in [2.45, 2.75) is 26.3 Å². The molecule has 144 valence electrons. The maximum atomic E-state index is 12.6. The number of para-hydroxylation sites is 1. The van der Waals surface area contributed by atoms with E-state index in [-0.39, 0.29) is 11.8 Å². The van der Waals surface area contributed by atoms with Crippen molar-refractivity contribution in [1.82, 2.24) is 15.0 Å². The first kappa shape index (κ1) is 18.4. The average Bonchev–Trinajstić information content (AvgIpc) is 3.19. The number of nitrogens with zero attached hydrogens (tertiary/aromatic N) is 3. The maximum Gasteiger partial charge on any atom is 0.241 e. The molecule has 1 N–H and O–H groups in total. The highest BCUT2D eigenvalue weighted by Gasteiger charge is 2.26. The zero-order valence-corrected chi connectivity index (χ0v) is 16.0. The second-order valence-electron chi connectivity index (χ2n) is 7.23. The molecule has 1 fully saturated rings. The summed E-state index contributed by atoms with van der Waals surface area (Å²) in [5.74, 6) is 1.38. The standard InChI is InChI=1S/C22H24N4O2/c1-16-7-5-6-10-19(16)23-22(27)18-11-13-26(14-12-18)15-20-24-21(25-28-20)17-8-3-2-4-9-17/h2-10,18H,11-15H2,1H3,(H,23,27). The molecule has 1 saturated heterocycles. The number of likely N-dealkylation sites (tertiary alicyclic amines) is 1. The minimum absolute atomic E-state index is 0.0402. The molecule has 6 heteroatoms. The minimum atomic E-state index is 0.0402. The van der Waals surface area contributed by atoms with Gasteiger partial charge in [-0.1, -0.05) is 53.7 Å². The average molecular weight is 376 g/mol. The lowest BCUT2D eigenvalue weighted by molar-refractivity contribution is -0.121. The van der Waals surface area contributed by atoms with E-state index in [4.69, 9.17) is 4.52 Å². The van der Waals surface area contributed by atoms with Crippen molar-refractivity contribution in [3.8, 4) is 11.4 Å². The van der Waals surface area contributed by atoms with Gasteiger partial charge in [0, 0.05) is 17.2 Å². The second kappa shape index (κ2) is 8.35. The third-order valence-electron chi connectivity index (χ3n) is 5.22. The number of hydrogen-bond acceptors (Lipinski definition) is 5. The summed E-state index contributed by atoms with van der Waals surface area (Å²) in [4.78, 5) is 19.3. The Morgan fingerprint density at radius 2 is 1.82 bits per heavy atom. The summed E-state index contributed by atoms with van der Waals surface area (Å²) >= 11 is 0. The molecule has 0 unspecified atom stereocenters. The van der Waals surface area contributed by atoms with Crippen LogP contribution in [0.5, 0.6) is 0 Å². The zero-order chi connectivity index (χ0) is 19.3. The van der Waals surface area contributed by atoms with E-state index in [1.165, 1.54) is 0 Å². The summed E-state index contributed by atoms with van der Waals surface area (Å²) in [6.07, 6.45) is 1.66. The van der Waals surface area contributed by atoms with Crippen LogP contribution in [0.3, 0.4) is 0 Å². The van der Waals surface area contributed by atoms with E-state index in [1.807, 2.05) is 61.5 Å². The van der Waals surface area contributed by atoms with Gasteiger partial charge >= 0.3 is 0 Å². The highest BCUT2D eigenvalue weighted by Crippen LogP contribution is 2.22. The molecule has 0 radical (unpaired) electrons. The van der Waals surface area contributed by atoms with E-state index < -0.39 is 0 Å². The Morgan fingerprint density at radius 1 is 1.11 bits per heavy atom. The molecule has 28 heavy (non-hydrogen) atoms. The zero-order valence-electron chi connectivity index (χ0n) is 16.0. The molecule has 1 aromatic heterocycles. The summed E-state index contributed by atoms with van der Waals surface area (Å²) in [5, 5.41) is 7.14. The first-order valence-corrected chi connectivity index (χ1v) is 9.66. The van der Waals surface area contributed by atoms with Crippen LogP contribution in [0.15, 0.2) is 59.1 Å². The quantitative estimate of drug-likeness (QED) is 0.731. The number of aryl methyl sites for hydroxylation is 1. The summed E-state index contributed by atoms with van der Waals surface area (Å²) < 4.78 is 5.41. The van der Waals surface area contributed by atoms with Gasteiger partial charge in [-0.15, -0.1) is 0 Å². The lowest BCUT2D eigenvalue weighted by atomic mass is 9.95. The van der Waals surface area contributed by atoms with Crippen LogP contribution >= 0.6 is 0 Å². The SMILES string of the molecule is Cc1ccccc1NC(=O)C1CCN(Cc2nc(-c3ccccc3)no2)CC1. The van der Waals surface area contributed by atoms with Crippen molar-refractivity contribution in [3.63, 3.8) is 0 Å². The molecule has 0 spiro atoms. The fourth-order valence-corrected chi connectivity index (χ4v) is 3.52. The number of anilines is 1. The number of amides is 1. The van der Waals surface area contributed by atoms with Crippen LogP contribution < -0.4 is 5.32 Å². The number of carbonyl (C=O) groups excluding carboxylic acids is 1. The molecule has 0 saturated carbocycles. The molecular formula is C22H24N4O2. The molecule has 6 nitrogen and oxygen atoms in total. The van der Waals surface area contributed by atoms with Gasteiger partial charge in [0.05, 0.1) is 6.54 Å². The first-order chi connectivity index (χ1) is 13.7. The summed E-state index contributed by atoms with van der Waals surface area (Å²) in [7, 11) is 0. The Hall–Kier alpha value is -2.99. The molecule has 4 rings (SSSR count). The molecular weight excluding hydrogens is 352 g/mol. The molecule has 2 aromatic carbocycles. The number of rotatable bonds is 5. The van der Waals surface area contributed by atoms with E-state index in [1.54, 1.807) is 0 Å². The lowest BCUT2D eigenvalue weighted by Gasteiger charge is -2.30. The van der Waals surface area contributed by atoms with Crippen LogP contribution in [0.4, 0.5) is 5.69 Å². The normalized spacial score (nSPS) is 15.5. The minimum Gasteiger partial charge on any atom is -0.338 e. The summed E-state index contributed by atoms with van der Waals surface area (Å²) in [5.41, 5.74) is 2.93. The smallest absolute Gasteiger partial charge is 0.241 e. The van der Waals surface area contributed by atoms with Gasteiger partial charge in [0.25, 0.3) is 0 Å². The fraction of sp³-hybridized carbons (Fsp3) is 0.318. The second-order valence-corrected chi connectivity index (χ2v) is 7.23. The third kappa shape index (κ3) is 4.28. The van der Waals surface area contributed by atoms with E-state index in [9.17, 15) is 4.79 Å². The van der Waals surface area contributed by atoms with Gasteiger partial charge in [-0.3, -0.25) is 9.69 Å². The molecule has 1 amide bonds. The lowest BCUT2D eigenvalue weighted by Crippen LogP contribution is -2.37. The monoisotopic (exact) mass is 376 g/mol. The fourth-order valence-electron chi connectivity index (χ4n) is 3.52. The van der Waals surface area contributed by atoms with Crippen molar-refractivity contribution in [2.24, 2.45) is 5.92 Å². The van der Waals surface area contributed by atoms with Gasteiger partial charge in [0.1, 0.15) is 0 Å². The Kier molecular flexibility index (Phi) is 5.48. The molecule has 0 atom stereocenters. The number of carbonyl (C=O) groups is 1. The predicted octanol–water partition coefficient (Wildman–Crippen LogP) is 3.90. The molecule has 1 aliphatic heterocycles. The Labute approximate surface area is 164 Å². The van der Waals surface area contributed by atoms with Gasteiger partial charge in [-0.2, -0.15) is 4.98 Å². The van der Waals surface area contributed by atoms with Crippen LogP contribution in [0.25, 0.3) is 11.4 Å². The van der Waals surface area contributed by atoms with Gasteiger partial charge in [-0.05, 0) is 44.5 Å². The molecule has 1 aliphatic rings. The van der Waals surface area contributed by atoms with E-state index >= 15 is 0 Å². The Balaban J connectivity index is 1.29. The highest BCUT2D eigenvalue weighted by atomic mass is 16.5. The van der Waals surface area contributed by atoms with Crippen LogP contribution in [-0.2, 0) is 11.3 Å². The highest BCUT2D eigenvalue weighted by molar-refractivity contribution is 5.93. The van der Waals surface area contributed by atoms with Crippen LogP contribution in [0, 0.1) is 12.8 Å². The Morgan fingerprint density at radius 3 is 2.57 bits per heavy atom. The summed E-state index contributed by atoms with van der Waals surface area (Å²) in [6, 6.07) is 17.7. The van der Waals surface area contributed by atoms with E-state index in [0.29, 0.717) is 18.3 Å². The van der Waals surface area contributed by atoms with Gasteiger partial charge in [0.15, 0.2) is 0 Å². The maximum absolute atomic E-state index is 12.6. The number of piperidine rings is 1. The molecule has 2 heterocycles. The molecule has 3 aromatic rings. The van der Waals surface area contributed by atoms with Crippen molar-refractivity contribution < 1.29 is 9.32 Å². The topological polar surface area (TPSA) is 71.3 Å². The van der Waals surface area contributed by atoms with E-state index in [2.05, 4.69) is 20.4 Å². The number of nitrogens with one attached hydrogen (secondary N) is 1. The van der Waals surface area contributed by atoms with Crippen molar-refractivity contribution in [3.05, 3.63) is 66.1 Å². The first-order valence-electron chi connectivity index (χ1n) is 9.66. The number of aromatic nitrogens is 2.